The number of carbonyl (C=O) groups excluding carboxylic acids is 1. The normalized spacial score (nSPS) is 19.6. The summed E-state index contributed by atoms with van der Waals surface area (Å²) in [5.41, 5.74) is 4.07. The van der Waals surface area contributed by atoms with Crippen molar-refractivity contribution in [3.05, 3.63) is 28.8 Å². The van der Waals surface area contributed by atoms with Crippen molar-refractivity contribution < 1.29 is 13.2 Å². The lowest BCUT2D eigenvalue weighted by molar-refractivity contribution is -0.120. The number of rotatable bonds is 4. The molecule has 1 aromatic rings. The van der Waals surface area contributed by atoms with E-state index < -0.39 is 10.0 Å². The van der Waals surface area contributed by atoms with Crippen LogP contribution < -0.4 is 5.32 Å². The van der Waals surface area contributed by atoms with Crippen molar-refractivity contribution in [3.63, 3.8) is 0 Å². The molecule has 1 N–H and O–H groups in total. The second kappa shape index (κ2) is 7.01. The van der Waals surface area contributed by atoms with Crippen LogP contribution in [-0.4, -0.2) is 37.5 Å². The van der Waals surface area contributed by atoms with E-state index in [4.69, 9.17) is 0 Å². The molecule has 2 rings (SSSR count). The highest BCUT2D eigenvalue weighted by Crippen LogP contribution is 2.25. The van der Waals surface area contributed by atoms with Crippen LogP contribution >= 0.6 is 0 Å². The fraction of sp³-hybridized carbons (Fsp3) is 0.588. The van der Waals surface area contributed by atoms with Gasteiger partial charge in [-0.15, -0.1) is 0 Å². The van der Waals surface area contributed by atoms with E-state index in [9.17, 15) is 13.2 Å². The van der Waals surface area contributed by atoms with E-state index in [2.05, 4.69) is 5.32 Å². The molecule has 1 aliphatic rings. The van der Waals surface area contributed by atoms with E-state index in [0.717, 1.165) is 35.2 Å². The molecule has 1 heterocycles. The number of sulfonamides is 1. The number of hydrogen-bond acceptors (Lipinski definition) is 3. The summed E-state index contributed by atoms with van der Waals surface area (Å²) in [6.07, 6.45) is 1.45. The van der Waals surface area contributed by atoms with Crippen molar-refractivity contribution in [2.24, 2.45) is 5.92 Å². The van der Waals surface area contributed by atoms with Crippen molar-refractivity contribution in [1.82, 2.24) is 4.31 Å². The first kappa shape index (κ1) is 17.9. The first-order valence-electron chi connectivity index (χ1n) is 8.11. The molecular weight excluding hydrogens is 312 g/mol. The van der Waals surface area contributed by atoms with Gasteiger partial charge in [-0.3, -0.25) is 4.79 Å². The Morgan fingerprint density at radius 3 is 2.43 bits per heavy atom. The van der Waals surface area contributed by atoms with Gasteiger partial charge in [0, 0.05) is 18.8 Å². The first-order chi connectivity index (χ1) is 10.7. The van der Waals surface area contributed by atoms with Gasteiger partial charge in [0.2, 0.25) is 15.9 Å². The molecule has 0 saturated carbocycles. The van der Waals surface area contributed by atoms with Gasteiger partial charge in [-0.1, -0.05) is 17.7 Å². The highest BCUT2D eigenvalue weighted by atomic mass is 32.2. The van der Waals surface area contributed by atoms with Crippen LogP contribution in [0.5, 0.6) is 0 Å². The Morgan fingerprint density at radius 1 is 1.26 bits per heavy atom. The number of hydrogen-bond donors (Lipinski definition) is 1. The summed E-state index contributed by atoms with van der Waals surface area (Å²) in [6, 6.07) is 4.08. The van der Waals surface area contributed by atoms with Crippen LogP contribution in [0.3, 0.4) is 0 Å². The predicted molar refractivity (Wildman–Crippen MR) is 93.0 cm³/mol. The van der Waals surface area contributed by atoms with Crippen molar-refractivity contribution in [1.29, 1.82) is 0 Å². The van der Waals surface area contributed by atoms with E-state index in [1.807, 2.05) is 32.9 Å². The molecule has 6 heteroatoms. The van der Waals surface area contributed by atoms with Crippen LogP contribution in [0.4, 0.5) is 5.69 Å². The molecule has 0 spiro atoms. The molecule has 128 valence electrons. The van der Waals surface area contributed by atoms with Crippen molar-refractivity contribution in [3.8, 4) is 0 Å². The second-order valence-corrected chi connectivity index (χ2v) is 8.62. The average Bonchev–Trinajstić information content (AvgIpc) is 2.50. The molecule has 1 saturated heterocycles. The number of nitrogens with one attached hydrogen (secondary N) is 1. The smallest absolute Gasteiger partial charge is 0.228 e. The zero-order valence-corrected chi connectivity index (χ0v) is 15.2. The Bertz CT molecular complexity index is 675. The van der Waals surface area contributed by atoms with E-state index in [0.29, 0.717) is 6.54 Å². The Labute approximate surface area is 139 Å². The number of benzene rings is 1. The van der Waals surface area contributed by atoms with E-state index in [-0.39, 0.29) is 24.1 Å². The van der Waals surface area contributed by atoms with Gasteiger partial charge in [-0.2, -0.15) is 0 Å². The highest BCUT2D eigenvalue weighted by molar-refractivity contribution is 7.89. The Kier molecular flexibility index (Phi) is 5.47. The number of carbonyl (C=O) groups is 1. The molecule has 1 fully saturated rings. The summed E-state index contributed by atoms with van der Waals surface area (Å²) >= 11 is 0. The zero-order valence-electron chi connectivity index (χ0n) is 14.3. The maximum Gasteiger partial charge on any atom is 0.228 e. The number of anilines is 1. The van der Waals surface area contributed by atoms with Gasteiger partial charge >= 0.3 is 0 Å². The molecule has 0 unspecified atom stereocenters. The second-order valence-electron chi connectivity index (χ2n) is 6.36. The minimum absolute atomic E-state index is 0.0809. The van der Waals surface area contributed by atoms with Gasteiger partial charge in [0.1, 0.15) is 0 Å². The summed E-state index contributed by atoms with van der Waals surface area (Å²) in [5, 5.41) is 3.01. The lowest BCUT2D eigenvalue weighted by Crippen LogP contribution is -2.44. The molecule has 5 nitrogen and oxygen atoms in total. The van der Waals surface area contributed by atoms with Gasteiger partial charge in [0.05, 0.1) is 11.7 Å². The maximum atomic E-state index is 12.6. The summed E-state index contributed by atoms with van der Waals surface area (Å²) in [6.45, 7) is 8.42. The summed E-state index contributed by atoms with van der Waals surface area (Å²) in [4.78, 5) is 12.6. The number of aryl methyl sites for hydroxylation is 3. The minimum Gasteiger partial charge on any atom is -0.325 e. The predicted octanol–water partition coefficient (Wildman–Crippen LogP) is 2.61. The third kappa shape index (κ3) is 4.12. The molecule has 1 aromatic carbocycles. The van der Waals surface area contributed by atoms with Gasteiger partial charge in [-0.25, -0.2) is 12.7 Å². The molecule has 0 aliphatic carbocycles. The van der Waals surface area contributed by atoms with Crippen LogP contribution in [-0.2, 0) is 14.8 Å². The number of nitrogens with zero attached hydrogens (tertiary/aromatic N) is 1. The van der Waals surface area contributed by atoms with Crippen LogP contribution in [0.2, 0.25) is 0 Å². The molecule has 0 radical (unpaired) electrons. The fourth-order valence-corrected chi connectivity index (χ4v) is 4.37. The standard InChI is InChI=1S/C17H26N2O3S/c1-5-23(21,22)19-8-6-7-15(11-19)17(20)18-16-13(3)9-12(2)10-14(16)4/h9-10,15H,5-8,11H2,1-4H3,(H,18,20)/t15-/m0/s1. The largest absolute Gasteiger partial charge is 0.325 e. The minimum atomic E-state index is -3.23. The highest BCUT2D eigenvalue weighted by Gasteiger charge is 2.31. The molecule has 23 heavy (non-hydrogen) atoms. The van der Waals surface area contributed by atoms with Gasteiger partial charge in [-0.05, 0) is 51.7 Å². The number of amides is 1. The van der Waals surface area contributed by atoms with E-state index >= 15 is 0 Å². The van der Waals surface area contributed by atoms with Crippen molar-refractivity contribution in [2.45, 2.75) is 40.5 Å². The lowest BCUT2D eigenvalue weighted by atomic mass is 9.98. The quantitative estimate of drug-likeness (QED) is 0.918. The number of piperidine rings is 1. The molecule has 0 bridgehead atoms. The van der Waals surface area contributed by atoms with Crippen LogP contribution in [0.15, 0.2) is 12.1 Å². The molecule has 1 amide bonds. The molecule has 0 aromatic heterocycles. The first-order valence-corrected chi connectivity index (χ1v) is 9.72. The van der Waals surface area contributed by atoms with Crippen LogP contribution in [0.25, 0.3) is 0 Å². The van der Waals surface area contributed by atoms with E-state index in [1.54, 1.807) is 6.92 Å². The van der Waals surface area contributed by atoms with Gasteiger partial charge < -0.3 is 5.32 Å². The Morgan fingerprint density at radius 2 is 1.87 bits per heavy atom. The molecule has 1 aliphatic heterocycles. The Balaban J connectivity index is 2.12. The fourth-order valence-electron chi connectivity index (χ4n) is 3.19. The van der Waals surface area contributed by atoms with Gasteiger partial charge in [0.15, 0.2) is 0 Å². The molecular formula is C17H26N2O3S. The summed E-state index contributed by atoms with van der Waals surface area (Å²) in [7, 11) is -3.23. The maximum absolute atomic E-state index is 12.6. The van der Waals surface area contributed by atoms with Crippen LogP contribution in [0, 0.1) is 26.7 Å². The van der Waals surface area contributed by atoms with E-state index in [1.165, 1.54) is 4.31 Å². The van der Waals surface area contributed by atoms with Gasteiger partial charge in [0.25, 0.3) is 0 Å². The SMILES string of the molecule is CCS(=O)(=O)N1CCC[C@H](C(=O)Nc2c(C)cc(C)cc2C)C1. The van der Waals surface area contributed by atoms with Crippen LogP contribution in [0.1, 0.15) is 36.5 Å². The molecule has 1 atom stereocenters. The Hall–Kier alpha value is -1.40. The summed E-state index contributed by atoms with van der Waals surface area (Å²) in [5.74, 6) is -0.293. The lowest BCUT2D eigenvalue weighted by Gasteiger charge is -2.31. The average molecular weight is 338 g/mol. The zero-order chi connectivity index (χ0) is 17.2. The van der Waals surface area contributed by atoms with Crippen molar-refractivity contribution >= 4 is 21.6 Å². The monoisotopic (exact) mass is 338 g/mol. The third-order valence-electron chi connectivity index (χ3n) is 4.44. The third-order valence-corrected chi connectivity index (χ3v) is 6.29. The summed E-state index contributed by atoms with van der Waals surface area (Å²) < 4.78 is 25.5. The van der Waals surface area contributed by atoms with Crippen molar-refractivity contribution in [2.75, 3.05) is 24.2 Å². The topological polar surface area (TPSA) is 66.5 Å².